The molecule has 0 atom stereocenters. The Morgan fingerprint density at radius 3 is 2.57 bits per heavy atom. The molecule has 14 heavy (non-hydrogen) atoms. The van der Waals surface area contributed by atoms with Crippen LogP contribution in [0.1, 0.15) is 0 Å². The van der Waals surface area contributed by atoms with E-state index in [0.29, 0.717) is 10.0 Å². The number of benzene rings is 1. The van der Waals surface area contributed by atoms with E-state index in [-0.39, 0.29) is 0 Å². The van der Waals surface area contributed by atoms with E-state index in [1.54, 1.807) is 12.1 Å². The number of rotatable bonds is 1. The summed E-state index contributed by atoms with van der Waals surface area (Å²) in [5.41, 5.74) is 0.963. The van der Waals surface area contributed by atoms with Crippen molar-refractivity contribution in [3.63, 3.8) is 0 Å². The zero-order valence-electron chi connectivity index (χ0n) is 6.87. The van der Waals surface area contributed by atoms with Gasteiger partial charge in [0.1, 0.15) is 10.0 Å². The van der Waals surface area contributed by atoms with Gasteiger partial charge in [-0.1, -0.05) is 29.3 Å². The smallest absolute Gasteiger partial charge is 0.124 e. The summed E-state index contributed by atoms with van der Waals surface area (Å²) in [4.78, 5) is 4.23. The van der Waals surface area contributed by atoms with Gasteiger partial charge in [-0.3, -0.25) is 0 Å². The van der Waals surface area contributed by atoms with Crippen molar-refractivity contribution in [2.45, 2.75) is 5.03 Å². The number of thiol groups is 1. The van der Waals surface area contributed by atoms with Crippen LogP contribution in [0.15, 0.2) is 28.6 Å². The van der Waals surface area contributed by atoms with Crippen LogP contribution in [0.4, 0.5) is 0 Å². The molecule has 0 unspecified atom stereocenters. The molecule has 1 aromatic heterocycles. The molecule has 0 saturated heterocycles. The van der Waals surface area contributed by atoms with Gasteiger partial charge >= 0.3 is 0 Å². The molecule has 1 aromatic carbocycles. The molecule has 0 aliphatic carbocycles. The Balaban J connectivity index is 2.47. The van der Waals surface area contributed by atoms with E-state index >= 15 is 0 Å². The number of hydrogen-bond donors (Lipinski definition) is 1. The highest BCUT2D eigenvalue weighted by molar-refractivity contribution is 7.80. The Hall–Kier alpha value is -0.220. The predicted octanol–water partition coefficient (Wildman–Crippen LogP) is 4.41. The standard InChI is InChI=1S/C9H5Cl2NS2/c10-6-2-1-5(3-7(6)11)9-12-8(13)4-14-9/h1-4,13H. The van der Waals surface area contributed by atoms with Gasteiger partial charge in [0.05, 0.1) is 10.0 Å². The van der Waals surface area contributed by atoms with Gasteiger partial charge in [-0.2, -0.15) is 0 Å². The van der Waals surface area contributed by atoms with Crippen LogP contribution in [-0.4, -0.2) is 4.98 Å². The van der Waals surface area contributed by atoms with E-state index in [0.717, 1.165) is 15.6 Å². The van der Waals surface area contributed by atoms with Crippen molar-refractivity contribution in [2.75, 3.05) is 0 Å². The number of thiazole rings is 1. The predicted molar refractivity (Wildman–Crippen MR) is 64.8 cm³/mol. The fourth-order valence-corrected chi connectivity index (χ4v) is 2.33. The van der Waals surface area contributed by atoms with Crippen LogP contribution in [0.2, 0.25) is 10.0 Å². The van der Waals surface area contributed by atoms with Gasteiger partial charge in [-0.05, 0) is 12.1 Å². The second-order valence-electron chi connectivity index (χ2n) is 2.64. The van der Waals surface area contributed by atoms with Crippen molar-refractivity contribution in [3.8, 4) is 10.6 Å². The quantitative estimate of drug-likeness (QED) is 0.751. The second-order valence-corrected chi connectivity index (χ2v) is 4.77. The maximum Gasteiger partial charge on any atom is 0.124 e. The molecule has 0 fully saturated rings. The Morgan fingerprint density at radius 2 is 2.00 bits per heavy atom. The van der Waals surface area contributed by atoms with Crippen molar-refractivity contribution in [2.24, 2.45) is 0 Å². The minimum atomic E-state index is 0.542. The van der Waals surface area contributed by atoms with Crippen LogP contribution in [0.25, 0.3) is 10.6 Å². The fraction of sp³-hybridized carbons (Fsp3) is 0. The first-order valence-corrected chi connectivity index (χ1v) is 5.85. The molecule has 0 aliphatic heterocycles. The lowest BCUT2D eigenvalue weighted by atomic mass is 10.2. The van der Waals surface area contributed by atoms with Crippen LogP contribution in [-0.2, 0) is 0 Å². The van der Waals surface area contributed by atoms with Gasteiger partial charge in [-0.25, -0.2) is 4.98 Å². The second kappa shape index (κ2) is 4.11. The van der Waals surface area contributed by atoms with Crippen molar-refractivity contribution in [1.82, 2.24) is 4.98 Å². The minimum absolute atomic E-state index is 0.542. The third kappa shape index (κ3) is 2.06. The normalized spacial score (nSPS) is 10.5. The third-order valence-electron chi connectivity index (χ3n) is 1.66. The zero-order chi connectivity index (χ0) is 10.1. The molecule has 2 aromatic rings. The minimum Gasteiger partial charge on any atom is -0.230 e. The van der Waals surface area contributed by atoms with Crippen LogP contribution < -0.4 is 0 Å². The molecule has 1 nitrogen and oxygen atoms in total. The third-order valence-corrected chi connectivity index (χ3v) is 3.69. The number of hydrogen-bond acceptors (Lipinski definition) is 3. The van der Waals surface area contributed by atoms with Crippen LogP contribution >= 0.6 is 47.2 Å². The number of halogens is 2. The Kier molecular flexibility index (Phi) is 3.02. The summed E-state index contributed by atoms with van der Waals surface area (Å²) in [6.07, 6.45) is 0. The van der Waals surface area contributed by atoms with Crippen LogP contribution in [0.3, 0.4) is 0 Å². The molecule has 5 heteroatoms. The summed E-state index contributed by atoms with van der Waals surface area (Å²) in [7, 11) is 0. The van der Waals surface area contributed by atoms with E-state index in [1.807, 2.05) is 11.4 Å². The summed E-state index contributed by atoms with van der Waals surface area (Å²) in [5.74, 6) is 0. The molecule has 1 heterocycles. The highest BCUT2D eigenvalue weighted by Crippen LogP contribution is 2.30. The fourth-order valence-electron chi connectivity index (χ4n) is 1.03. The summed E-state index contributed by atoms with van der Waals surface area (Å²) in [5, 5.41) is 4.59. The van der Waals surface area contributed by atoms with Crippen LogP contribution in [0.5, 0.6) is 0 Å². The first-order valence-electron chi connectivity index (χ1n) is 3.77. The van der Waals surface area contributed by atoms with Crippen molar-refractivity contribution >= 4 is 47.2 Å². The van der Waals surface area contributed by atoms with Crippen molar-refractivity contribution in [3.05, 3.63) is 33.6 Å². The Bertz CT molecular complexity index is 468. The molecular weight excluding hydrogens is 257 g/mol. The maximum absolute atomic E-state index is 5.90. The first kappa shape index (κ1) is 10.3. The molecule has 0 bridgehead atoms. The van der Waals surface area contributed by atoms with E-state index in [2.05, 4.69) is 17.6 Å². The molecule has 0 amide bonds. The molecule has 0 N–H and O–H groups in total. The summed E-state index contributed by atoms with van der Waals surface area (Å²) >= 11 is 17.4. The number of aromatic nitrogens is 1. The monoisotopic (exact) mass is 261 g/mol. The van der Waals surface area contributed by atoms with Gasteiger partial charge in [0.25, 0.3) is 0 Å². The molecular formula is C9H5Cl2NS2. The molecule has 0 radical (unpaired) electrons. The van der Waals surface area contributed by atoms with E-state index < -0.39 is 0 Å². The van der Waals surface area contributed by atoms with Crippen LogP contribution in [0, 0.1) is 0 Å². The van der Waals surface area contributed by atoms with Gasteiger partial charge in [-0.15, -0.1) is 24.0 Å². The average Bonchev–Trinajstić information content (AvgIpc) is 2.57. The van der Waals surface area contributed by atoms with Crippen molar-refractivity contribution in [1.29, 1.82) is 0 Å². The van der Waals surface area contributed by atoms with Gasteiger partial charge < -0.3 is 0 Å². The lowest BCUT2D eigenvalue weighted by Gasteiger charge is -1.98. The topological polar surface area (TPSA) is 12.9 Å². The summed E-state index contributed by atoms with van der Waals surface area (Å²) in [6.45, 7) is 0. The lowest BCUT2D eigenvalue weighted by Crippen LogP contribution is -1.76. The van der Waals surface area contributed by atoms with E-state index in [4.69, 9.17) is 23.2 Å². The SMILES string of the molecule is Sc1csc(-c2ccc(Cl)c(Cl)c2)n1. The first-order chi connectivity index (χ1) is 6.66. The van der Waals surface area contributed by atoms with E-state index in [1.165, 1.54) is 11.3 Å². The maximum atomic E-state index is 5.90. The Morgan fingerprint density at radius 1 is 1.21 bits per heavy atom. The molecule has 2 rings (SSSR count). The number of nitrogens with zero attached hydrogens (tertiary/aromatic N) is 1. The summed E-state index contributed by atoms with van der Waals surface area (Å²) < 4.78 is 0. The summed E-state index contributed by atoms with van der Waals surface area (Å²) in [6, 6.07) is 5.45. The highest BCUT2D eigenvalue weighted by atomic mass is 35.5. The van der Waals surface area contributed by atoms with Crippen molar-refractivity contribution < 1.29 is 0 Å². The largest absolute Gasteiger partial charge is 0.230 e. The molecule has 0 aliphatic rings. The highest BCUT2D eigenvalue weighted by Gasteiger charge is 2.05. The van der Waals surface area contributed by atoms with Gasteiger partial charge in [0.2, 0.25) is 0 Å². The van der Waals surface area contributed by atoms with Gasteiger partial charge in [0, 0.05) is 10.9 Å². The molecule has 72 valence electrons. The van der Waals surface area contributed by atoms with E-state index in [9.17, 15) is 0 Å². The molecule has 0 spiro atoms. The Labute approximate surface area is 101 Å². The van der Waals surface area contributed by atoms with Gasteiger partial charge in [0.15, 0.2) is 0 Å². The lowest BCUT2D eigenvalue weighted by molar-refractivity contribution is 1.22. The zero-order valence-corrected chi connectivity index (χ0v) is 10.1. The molecule has 0 saturated carbocycles. The average molecular weight is 262 g/mol.